The molecular formula is C13H21NO3S2. The minimum absolute atomic E-state index is 0.0961. The van der Waals surface area contributed by atoms with Crippen molar-refractivity contribution in [2.24, 2.45) is 5.92 Å². The summed E-state index contributed by atoms with van der Waals surface area (Å²) in [4.78, 5) is 26.3. The highest BCUT2D eigenvalue weighted by Gasteiger charge is 2.36. The van der Waals surface area contributed by atoms with E-state index < -0.39 is 0 Å². The highest BCUT2D eigenvalue weighted by Crippen LogP contribution is 2.27. The topological polar surface area (TPSA) is 46.6 Å². The molecule has 108 valence electrons. The number of amides is 1. The van der Waals surface area contributed by atoms with Gasteiger partial charge in [0.25, 0.3) is 0 Å². The van der Waals surface area contributed by atoms with Gasteiger partial charge in [-0.2, -0.15) is 23.5 Å². The Morgan fingerprint density at radius 3 is 2.74 bits per heavy atom. The molecule has 0 aromatic heterocycles. The molecule has 4 nitrogen and oxygen atoms in total. The number of thioether (sulfide) groups is 2. The molecule has 0 bridgehead atoms. The Morgan fingerprint density at radius 2 is 2.05 bits per heavy atom. The number of carbonyl (C=O) groups excluding carboxylic acids is 2. The molecule has 2 heterocycles. The van der Waals surface area contributed by atoms with Gasteiger partial charge in [0.1, 0.15) is 6.04 Å². The fourth-order valence-electron chi connectivity index (χ4n) is 2.47. The Kier molecular flexibility index (Phi) is 5.88. The van der Waals surface area contributed by atoms with Crippen molar-refractivity contribution in [2.75, 3.05) is 36.2 Å². The number of hydrogen-bond acceptors (Lipinski definition) is 5. The van der Waals surface area contributed by atoms with Crippen LogP contribution in [0, 0.1) is 5.92 Å². The Bertz CT molecular complexity index is 332. The number of esters is 1. The monoisotopic (exact) mass is 303 g/mol. The van der Waals surface area contributed by atoms with Crippen LogP contribution >= 0.6 is 23.5 Å². The van der Waals surface area contributed by atoms with Crippen molar-refractivity contribution >= 4 is 35.4 Å². The van der Waals surface area contributed by atoms with Crippen LogP contribution in [0.4, 0.5) is 0 Å². The third kappa shape index (κ3) is 3.81. The molecule has 0 saturated carbocycles. The van der Waals surface area contributed by atoms with Gasteiger partial charge in [-0.3, -0.25) is 4.79 Å². The SMILES string of the molecule is CCOC(=O)C1CSCCN1C(=O)C1CCCSC1. The largest absolute Gasteiger partial charge is 0.464 e. The van der Waals surface area contributed by atoms with Crippen molar-refractivity contribution in [1.29, 1.82) is 0 Å². The molecule has 2 aliphatic heterocycles. The minimum atomic E-state index is -0.377. The third-order valence-corrected chi connectivity index (χ3v) is 5.72. The summed E-state index contributed by atoms with van der Waals surface area (Å²) in [5, 5.41) is 0. The van der Waals surface area contributed by atoms with Gasteiger partial charge in [0, 0.05) is 29.7 Å². The highest BCUT2D eigenvalue weighted by molar-refractivity contribution is 7.99. The smallest absolute Gasteiger partial charge is 0.329 e. The maximum absolute atomic E-state index is 12.6. The van der Waals surface area contributed by atoms with E-state index in [0.29, 0.717) is 18.9 Å². The fraction of sp³-hybridized carbons (Fsp3) is 0.846. The molecule has 2 unspecified atom stereocenters. The van der Waals surface area contributed by atoms with E-state index in [0.717, 1.165) is 30.1 Å². The summed E-state index contributed by atoms with van der Waals surface area (Å²) in [6.45, 7) is 2.85. The van der Waals surface area contributed by atoms with Crippen molar-refractivity contribution in [1.82, 2.24) is 4.90 Å². The number of carbonyl (C=O) groups is 2. The normalized spacial score (nSPS) is 27.9. The molecule has 2 atom stereocenters. The van der Waals surface area contributed by atoms with Crippen LogP contribution in [0.1, 0.15) is 19.8 Å². The Hall–Kier alpha value is -0.360. The van der Waals surface area contributed by atoms with Gasteiger partial charge in [-0.25, -0.2) is 4.79 Å². The van der Waals surface area contributed by atoms with Gasteiger partial charge in [-0.05, 0) is 25.5 Å². The van der Waals surface area contributed by atoms with Gasteiger partial charge in [0.2, 0.25) is 5.91 Å². The summed E-state index contributed by atoms with van der Waals surface area (Å²) in [6.07, 6.45) is 2.07. The highest BCUT2D eigenvalue weighted by atomic mass is 32.2. The number of rotatable bonds is 3. The molecular weight excluding hydrogens is 282 g/mol. The summed E-state index contributed by atoms with van der Waals surface area (Å²) in [5.74, 6) is 3.65. The lowest BCUT2D eigenvalue weighted by atomic mass is 10.0. The first kappa shape index (κ1) is 15.0. The van der Waals surface area contributed by atoms with Crippen LogP contribution < -0.4 is 0 Å². The fourth-order valence-corrected chi connectivity index (χ4v) is 4.63. The molecule has 1 amide bonds. The van der Waals surface area contributed by atoms with Crippen LogP contribution in [0.25, 0.3) is 0 Å². The van der Waals surface area contributed by atoms with E-state index in [4.69, 9.17) is 4.74 Å². The molecule has 0 spiro atoms. The first-order valence-electron chi connectivity index (χ1n) is 6.86. The molecule has 6 heteroatoms. The van der Waals surface area contributed by atoms with Crippen LogP contribution in [-0.2, 0) is 14.3 Å². The van der Waals surface area contributed by atoms with E-state index in [2.05, 4.69) is 0 Å². The van der Waals surface area contributed by atoms with E-state index in [1.54, 1.807) is 23.6 Å². The molecule has 0 N–H and O–H groups in total. The van der Waals surface area contributed by atoms with Gasteiger partial charge in [-0.1, -0.05) is 0 Å². The van der Waals surface area contributed by atoms with Crippen LogP contribution in [0.3, 0.4) is 0 Å². The first-order chi connectivity index (χ1) is 9.24. The Balaban J connectivity index is 2.01. The van der Waals surface area contributed by atoms with Crippen molar-refractivity contribution in [3.05, 3.63) is 0 Å². The molecule has 0 aromatic rings. The molecule has 2 saturated heterocycles. The predicted octanol–water partition coefficient (Wildman–Crippen LogP) is 1.64. The summed E-state index contributed by atoms with van der Waals surface area (Å²) in [5.41, 5.74) is 0. The average molecular weight is 303 g/mol. The van der Waals surface area contributed by atoms with E-state index in [9.17, 15) is 9.59 Å². The van der Waals surface area contributed by atoms with E-state index in [1.807, 2.05) is 11.8 Å². The molecule has 2 aliphatic rings. The Morgan fingerprint density at radius 1 is 1.26 bits per heavy atom. The zero-order chi connectivity index (χ0) is 13.7. The van der Waals surface area contributed by atoms with Crippen molar-refractivity contribution in [2.45, 2.75) is 25.8 Å². The van der Waals surface area contributed by atoms with Crippen LogP contribution in [0.5, 0.6) is 0 Å². The Labute approximate surface area is 123 Å². The average Bonchev–Trinajstić information content (AvgIpc) is 2.47. The summed E-state index contributed by atoms with van der Waals surface area (Å²) >= 11 is 3.57. The number of hydrogen-bond donors (Lipinski definition) is 0. The number of nitrogens with zero attached hydrogens (tertiary/aromatic N) is 1. The van der Waals surface area contributed by atoms with Crippen molar-refractivity contribution in [3.63, 3.8) is 0 Å². The zero-order valence-corrected chi connectivity index (χ0v) is 12.9. The maximum atomic E-state index is 12.6. The second-order valence-electron chi connectivity index (χ2n) is 4.79. The van der Waals surface area contributed by atoms with Crippen molar-refractivity contribution < 1.29 is 14.3 Å². The van der Waals surface area contributed by atoms with Crippen molar-refractivity contribution in [3.8, 4) is 0 Å². The third-order valence-electron chi connectivity index (χ3n) is 3.48. The molecule has 2 rings (SSSR count). The molecule has 0 radical (unpaired) electrons. The zero-order valence-electron chi connectivity index (χ0n) is 11.3. The standard InChI is InChI=1S/C13H21NO3S2/c1-2-17-13(16)11-9-19-7-5-14(11)12(15)10-4-3-6-18-8-10/h10-11H,2-9H2,1H3. The van der Waals surface area contributed by atoms with E-state index in [1.165, 1.54) is 0 Å². The van der Waals surface area contributed by atoms with Crippen LogP contribution in [0.15, 0.2) is 0 Å². The van der Waals surface area contributed by atoms with Gasteiger partial charge in [-0.15, -0.1) is 0 Å². The summed E-state index contributed by atoms with van der Waals surface area (Å²) in [6, 6.07) is -0.377. The van der Waals surface area contributed by atoms with E-state index >= 15 is 0 Å². The van der Waals surface area contributed by atoms with Gasteiger partial charge < -0.3 is 9.64 Å². The quantitative estimate of drug-likeness (QED) is 0.742. The lowest BCUT2D eigenvalue weighted by Gasteiger charge is -2.36. The minimum Gasteiger partial charge on any atom is -0.464 e. The lowest BCUT2D eigenvalue weighted by Crippen LogP contribution is -2.53. The molecule has 0 aromatic carbocycles. The lowest BCUT2D eigenvalue weighted by molar-refractivity contribution is -0.155. The second kappa shape index (κ2) is 7.43. The summed E-state index contributed by atoms with van der Waals surface area (Å²) in [7, 11) is 0. The van der Waals surface area contributed by atoms with Crippen LogP contribution in [-0.4, -0.2) is 59.0 Å². The molecule has 2 fully saturated rings. The van der Waals surface area contributed by atoms with Crippen LogP contribution in [0.2, 0.25) is 0 Å². The van der Waals surface area contributed by atoms with E-state index in [-0.39, 0.29) is 23.8 Å². The predicted molar refractivity (Wildman–Crippen MR) is 79.5 cm³/mol. The number of ether oxygens (including phenoxy) is 1. The van der Waals surface area contributed by atoms with Gasteiger partial charge >= 0.3 is 5.97 Å². The maximum Gasteiger partial charge on any atom is 0.329 e. The van der Waals surface area contributed by atoms with Gasteiger partial charge in [0.05, 0.1) is 6.61 Å². The molecule has 0 aliphatic carbocycles. The molecule has 19 heavy (non-hydrogen) atoms. The summed E-state index contributed by atoms with van der Waals surface area (Å²) < 4.78 is 5.10. The first-order valence-corrected chi connectivity index (χ1v) is 9.17. The second-order valence-corrected chi connectivity index (χ2v) is 7.09. The van der Waals surface area contributed by atoms with Gasteiger partial charge in [0.15, 0.2) is 0 Å².